The summed E-state index contributed by atoms with van der Waals surface area (Å²) < 4.78 is 0. The third kappa shape index (κ3) is 5.99. The molecule has 3 N–H and O–H groups in total. The summed E-state index contributed by atoms with van der Waals surface area (Å²) in [5, 5.41) is 8.65. The summed E-state index contributed by atoms with van der Waals surface area (Å²) in [6, 6.07) is 24.2. The summed E-state index contributed by atoms with van der Waals surface area (Å²) in [6.07, 6.45) is 0.743. The maximum atomic E-state index is 12.6. The van der Waals surface area contributed by atoms with E-state index in [2.05, 4.69) is 16.0 Å². The maximum Gasteiger partial charge on any atom is 0.257 e. The van der Waals surface area contributed by atoms with Crippen molar-refractivity contribution in [2.24, 2.45) is 0 Å². The number of thiocarbonyl (C=S) groups is 1. The average Bonchev–Trinajstić information content (AvgIpc) is 2.75. The summed E-state index contributed by atoms with van der Waals surface area (Å²) in [4.78, 5) is 25.0. The zero-order valence-corrected chi connectivity index (χ0v) is 17.5. The maximum absolute atomic E-state index is 12.6. The van der Waals surface area contributed by atoms with Gasteiger partial charge in [0.15, 0.2) is 5.11 Å². The Labute approximate surface area is 181 Å². The third-order valence-corrected chi connectivity index (χ3v) is 4.71. The van der Waals surface area contributed by atoms with Crippen molar-refractivity contribution in [2.75, 3.05) is 11.9 Å². The Kier molecular flexibility index (Phi) is 7.29. The van der Waals surface area contributed by atoms with Gasteiger partial charge in [-0.2, -0.15) is 0 Å². The minimum atomic E-state index is -0.308. The normalized spacial score (nSPS) is 10.2. The molecule has 0 aliphatic heterocycles. The highest BCUT2D eigenvalue weighted by Crippen LogP contribution is 2.15. The fourth-order valence-corrected chi connectivity index (χ4v) is 3.09. The number of amides is 2. The molecule has 2 amide bonds. The molecule has 0 fully saturated rings. The van der Waals surface area contributed by atoms with Crippen LogP contribution in [0.1, 0.15) is 31.8 Å². The van der Waals surface area contributed by atoms with Crippen LogP contribution in [0.2, 0.25) is 0 Å². The van der Waals surface area contributed by atoms with E-state index in [-0.39, 0.29) is 16.9 Å². The number of carbonyl (C=O) groups excluding carboxylic acids is 2. The lowest BCUT2D eigenvalue weighted by Crippen LogP contribution is -2.35. The van der Waals surface area contributed by atoms with Gasteiger partial charge in [0.05, 0.1) is 11.3 Å². The van der Waals surface area contributed by atoms with Crippen molar-refractivity contribution >= 4 is 34.8 Å². The van der Waals surface area contributed by atoms with Crippen molar-refractivity contribution in [3.8, 4) is 0 Å². The van der Waals surface area contributed by atoms with E-state index in [1.165, 1.54) is 0 Å². The van der Waals surface area contributed by atoms with E-state index < -0.39 is 0 Å². The Hall–Kier alpha value is -3.51. The molecule has 6 heteroatoms. The van der Waals surface area contributed by atoms with Crippen LogP contribution in [-0.4, -0.2) is 23.5 Å². The van der Waals surface area contributed by atoms with E-state index in [0.717, 1.165) is 17.5 Å². The first kappa shape index (κ1) is 21.2. The molecule has 0 saturated carbocycles. The number of hydrogen-bond donors (Lipinski definition) is 3. The smallest absolute Gasteiger partial charge is 0.257 e. The van der Waals surface area contributed by atoms with Gasteiger partial charge in [0.25, 0.3) is 11.8 Å². The van der Waals surface area contributed by atoms with Crippen LogP contribution >= 0.6 is 12.2 Å². The topological polar surface area (TPSA) is 70.2 Å². The lowest BCUT2D eigenvalue weighted by atomic mass is 10.1. The van der Waals surface area contributed by atoms with Gasteiger partial charge in [-0.25, -0.2) is 0 Å². The second-order valence-electron chi connectivity index (χ2n) is 6.81. The van der Waals surface area contributed by atoms with Crippen molar-refractivity contribution in [1.82, 2.24) is 10.6 Å². The molecule has 0 radical (unpaired) electrons. The highest BCUT2D eigenvalue weighted by molar-refractivity contribution is 7.80. The van der Waals surface area contributed by atoms with Crippen molar-refractivity contribution in [3.05, 3.63) is 101 Å². The number of rotatable bonds is 6. The summed E-state index contributed by atoms with van der Waals surface area (Å²) in [7, 11) is 0. The molecule has 3 aromatic carbocycles. The van der Waals surface area contributed by atoms with Gasteiger partial charge >= 0.3 is 0 Å². The molecular formula is C24H23N3O2S. The van der Waals surface area contributed by atoms with Gasteiger partial charge in [0, 0.05) is 12.1 Å². The lowest BCUT2D eigenvalue weighted by molar-refractivity contribution is 0.0953. The highest BCUT2D eigenvalue weighted by atomic mass is 32.1. The van der Waals surface area contributed by atoms with E-state index in [1.807, 2.05) is 49.4 Å². The third-order valence-electron chi connectivity index (χ3n) is 4.50. The van der Waals surface area contributed by atoms with Gasteiger partial charge < -0.3 is 10.6 Å². The van der Waals surface area contributed by atoms with E-state index in [4.69, 9.17) is 12.2 Å². The van der Waals surface area contributed by atoms with Crippen LogP contribution in [-0.2, 0) is 6.42 Å². The van der Waals surface area contributed by atoms with Crippen molar-refractivity contribution in [2.45, 2.75) is 13.3 Å². The first-order valence-electron chi connectivity index (χ1n) is 9.63. The number of benzene rings is 3. The standard InChI is InChI=1S/C24H23N3O2S/c1-17-11-13-19(14-12-17)22(28)27-24(30)26-21-10-6-5-9-20(21)23(29)25-16-15-18-7-3-2-4-8-18/h2-14H,15-16H2,1H3,(H,25,29)(H2,26,27,28,30). The minimum Gasteiger partial charge on any atom is -0.352 e. The molecule has 0 unspecified atom stereocenters. The fourth-order valence-electron chi connectivity index (χ4n) is 2.88. The number of carbonyl (C=O) groups is 2. The summed E-state index contributed by atoms with van der Waals surface area (Å²) in [6.45, 7) is 2.47. The first-order chi connectivity index (χ1) is 14.5. The van der Waals surface area contributed by atoms with Crippen molar-refractivity contribution in [3.63, 3.8) is 0 Å². The second kappa shape index (κ2) is 10.3. The second-order valence-corrected chi connectivity index (χ2v) is 7.22. The predicted molar refractivity (Wildman–Crippen MR) is 124 cm³/mol. The van der Waals surface area contributed by atoms with Gasteiger partial charge in [0.1, 0.15) is 0 Å². The number of aryl methyl sites for hydroxylation is 1. The number of para-hydroxylation sites is 1. The average molecular weight is 418 g/mol. The Balaban J connectivity index is 1.58. The molecule has 0 heterocycles. The molecule has 152 valence electrons. The molecule has 0 spiro atoms. The largest absolute Gasteiger partial charge is 0.352 e. The minimum absolute atomic E-state index is 0.130. The number of hydrogen-bond acceptors (Lipinski definition) is 3. The Morgan fingerprint density at radius 1 is 0.833 bits per heavy atom. The van der Waals surface area contributed by atoms with Gasteiger partial charge in [-0.05, 0) is 55.4 Å². The van der Waals surface area contributed by atoms with Crippen LogP contribution in [0, 0.1) is 6.92 Å². The molecule has 5 nitrogen and oxygen atoms in total. The summed E-state index contributed by atoms with van der Waals surface area (Å²) in [5.41, 5.74) is 3.72. The molecule has 0 saturated heterocycles. The highest BCUT2D eigenvalue weighted by Gasteiger charge is 2.13. The first-order valence-corrected chi connectivity index (χ1v) is 10.0. The van der Waals surface area contributed by atoms with E-state index >= 15 is 0 Å². The van der Waals surface area contributed by atoms with Gasteiger partial charge in [-0.3, -0.25) is 14.9 Å². The van der Waals surface area contributed by atoms with E-state index in [9.17, 15) is 9.59 Å². The van der Waals surface area contributed by atoms with Crippen LogP contribution in [0.4, 0.5) is 5.69 Å². The molecule has 30 heavy (non-hydrogen) atoms. The van der Waals surface area contributed by atoms with Gasteiger partial charge in [-0.1, -0.05) is 60.2 Å². The monoisotopic (exact) mass is 417 g/mol. The molecule has 0 aliphatic rings. The number of nitrogens with one attached hydrogen (secondary N) is 3. The van der Waals surface area contributed by atoms with Gasteiger partial charge in [-0.15, -0.1) is 0 Å². The van der Waals surface area contributed by atoms with E-state index in [0.29, 0.717) is 23.4 Å². The van der Waals surface area contributed by atoms with E-state index in [1.54, 1.807) is 36.4 Å². The van der Waals surface area contributed by atoms with Crippen LogP contribution in [0.15, 0.2) is 78.9 Å². The van der Waals surface area contributed by atoms with Crippen molar-refractivity contribution in [1.29, 1.82) is 0 Å². The predicted octanol–water partition coefficient (Wildman–Crippen LogP) is 4.09. The molecule has 0 aliphatic carbocycles. The summed E-state index contributed by atoms with van der Waals surface area (Å²) in [5.74, 6) is -0.515. The van der Waals surface area contributed by atoms with Crippen LogP contribution < -0.4 is 16.0 Å². The molecular weight excluding hydrogens is 394 g/mol. The van der Waals surface area contributed by atoms with Gasteiger partial charge in [0.2, 0.25) is 0 Å². The Bertz CT molecular complexity index is 1030. The zero-order valence-electron chi connectivity index (χ0n) is 16.6. The number of anilines is 1. The molecule has 0 atom stereocenters. The fraction of sp³-hybridized carbons (Fsp3) is 0.125. The molecule has 3 rings (SSSR count). The van der Waals surface area contributed by atoms with Crippen LogP contribution in [0.25, 0.3) is 0 Å². The zero-order chi connectivity index (χ0) is 21.3. The molecule has 0 bridgehead atoms. The molecule has 3 aromatic rings. The lowest BCUT2D eigenvalue weighted by Gasteiger charge is -2.14. The Morgan fingerprint density at radius 2 is 1.50 bits per heavy atom. The quantitative estimate of drug-likeness (QED) is 0.528. The van der Waals surface area contributed by atoms with Crippen molar-refractivity contribution < 1.29 is 9.59 Å². The van der Waals surface area contributed by atoms with Crippen LogP contribution in [0.5, 0.6) is 0 Å². The molecule has 0 aromatic heterocycles. The Morgan fingerprint density at radius 3 is 2.23 bits per heavy atom. The van der Waals surface area contributed by atoms with Crippen LogP contribution in [0.3, 0.4) is 0 Å². The SMILES string of the molecule is Cc1ccc(C(=O)NC(=S)Nc2ccccc2C(=O)NCCc2ccccc2)cc1. The summed E-state index contributed by atoms with van der Waals surface area (Å²) >= 11 is 5.26.